The van der Waals surface area contributed by atoms with Crippen molar-refractivity contribution in [2.45, 2.75) is 56.3 Å². The number of alkyl halides is 3. The number of piperazine rings is 1. The Balaban J connectivity index is 1.32. The van der Waals surface area contributed by atoms with E-state index in [1.54, 1.807) is 11.1 Å². The number of amides is 1. The number of aromatic nitrogens is 3. The van der Waals surface area contributed by atoms with E-state index in [-0.39, 0.29) is 29.4 Å². The molecule has 6 rings (SSSR count). The average molecular weight is 503 g/mol. The van der Waals surface area contributed by atoms with Crippen LogP contribution in [0.4, 0.5) is 36.4 Å². The highest BCUT2D eigenvalue weighted by molar-refractivity contribution is 5.94. The number of nitrogens with zero attached hydrogens (tertiary/aromatic N) is 5. The molecule has 1 aliphatic carbocycles. The Morgan fingerprint density at radius 2 is 1.86 bits per heavy atom. The molecule has 1 saturated carbocycles. The fourth-order valence-corrected chi connectivity index (χ4v) is 6.15. The van der Waals surface area contributed by atoms with Crippen LogP contribution in [0, 0.1) is 0 Å². The Hall–Kier alpha value is -3.15. The van der Waals surface area contributed by atoms with Crippen molar-refractivity contribution >= 4 is 29.2 Å². The van der Waals surface area contributed by atoms with Crippen LogP contribution in [0.5, 0.6) is 0 Å². The molecule has 9 nitrogen and oxygen atoms in total. The summed E-state index contributed by atoms with van der Waals surface area (Å²) in [6, 6.07) is 1.24. The number of rotatable bonds is 4. The van der Waals surface area contributed by atoms with Gasteiger partial charge < -0.3 is 25.8 Å². The number of halogens is 3. The van der Waals surface area contributed by atoms with Gasteiger partial charge >= 0.3 is 6.18 Å². The number of hydrogen-bond donors (Lipinski definition) is 3. The molecule has 3 fully saturated rings. The maximum Gasteiger partial charge on any atom is 0.418 e. The fourth-order valence-electron chi connectivity index (χ4n) is 6.15. The second-order valence-electron chi connectivity index (χ2n) is 10.0. The van der Waals surface area contributed by atoms with Crippen molar-refractivity contribution in [2.75, 3.05) is 47.8 Å². The average Bonchev–Trinajstić information content (AvgIpc) is 3.59. The Morgan fingerprint density at radius 1 is 1.08 bits per heavy atom. The smallest absolute Gasteiger partial charge is 0.367 e. The monoisotopic (exact) mass is 502 g/mol. The lowest BCUT2D eigenvalue weighted by Gasteiger charge is -2.38. The summed E-state index contributed by atoms with van der Waals surface area (Å²) in [7, 11) is 0. The highest BCUT2D eigenvalue weighted by Gasteiger charge is 2.55. The number of fused-ring (bicyclic) bond motifs is 1. The molecular weight excluding hydrogens is 473 g/mol. The van der Waals surface area contributed by atoms with Crippen LogP contribution in [0.3, 0.4) is 0 Å². The van der Waals surface area contributed by atoms with Gasteiger partial charge in [-0.3, -0.25) is 4.79 Å². The zero-order valence-electron chi connectivity index (χ0n) is 19.9. The molecule has 36 heavy (non-hydrogen) atoms. The van der Waals surface area contributed by atoms with Crippen LogP contribution >= 0.6 is 0 Å². The van der Waals surface area contributed by atoms with E-state index in [2.05, 4.69) is 30.8 Å². The Morgan fingerprint density at radius 3 is 2.56 bits per heavy atom. The van der Waals surface area contributed by atoms with Crippen molar-refractivity contribution < 1.29 is 18.0 Å². The van der Waals surface area contributed by atoms with Crippen molar-refractivity contribution in [1.82, 2.24) is 25.6 Å². The quantitative estimate of drug-likeness (QED) is 0.587. The zero-order valence-corrected chi connectivity index (χ0v) is 19.9. The molecule has 1 amide bonds. The zero-order chi connectivity index (χ0) is 24.9. The van der Waals surface area contributed by atoms with Gasteiger partial charge in [-0.2, -0.15) is 18.2 Å². The van der Waals surface area contributed by atoms with Gasteiger partial charge in [-0.1, -0.05) is 12.8 Å². The van der Waals surface area contributed by atoms with E-state index >= 15 is 0 Å². The standard InChI is InChI=1S/C24H29F3N8O/c25-24(26,27)17-11-19(30-14-18(17)34-9-7-28-8-10-34)32-22-31-13-15-12-23(5-6-29-21(23)36)35(20(15)33-22)16-3-1-2-4-16/h11,13-14,16,28H,1-10,12H2,(H,29,36)(H,30,31,32,33). The summed E-state index contributed by atoms with van der Waals surface area (Å²) in [5.74, 6) is 0.912. The third-order valence-corrected chi connectivity index (χ3v) is 7.84. The molecule has 2 saturated heterocycles. The largest absolute Gasteiger partial charge is 0.418 e. The first-order chi connectivity index (χ1) is 17.3. The van der Waals surface area contributed by atoms with Crippen LogP contribution in [-0.2, 0) is 17.4 Å². The third kappa shape index (κ3) is 3.91. The molecule has 3 aliphatic heterocycles. The first-order valence-corrected chi connectivity index (χ1v) is 12.6. The number of carbonyl (C=O) groups is 1. The number of anilines is 4. The summed E-state index contributed by atoms with van der Waals surface area (Å²) in [4.78, 5) is 30.2. The highest BCUT2D eigenvalue weighted by Crippen LogP contribution is 2.46. The molecule has 2 aromatic rings. The first-order valence-electron chi connectivity index (χ1n) is 12.6. The van der Waals surface area contributed by atoms with Gasteiger partial charge in [0.15, 0.2) is 0 Å². The van der Waals surface area contributed by atoms with Crippen molar-refractivity contribution in [1.29, 1.82) is 0 Å². The summed E-state index contributed by atoms with van der Waals surface area (Å²) in [5, 5.41) is 9.02. The molecule has 3 N–H and O–H groups in total. The summed E-state index contributed by atoms with van der Waals surface area (Å²) in [5.41, 5.74) is -0.428. The van der Waals surface area contributed by atoms with Crippen LogP contribution in [0.1, 0.15) is 43.2 Å². The van der Waals surface area contributed by atoms with E-state index < -0.39 is 17.3 Å². The van der Waals surface area contributed by atoms with Gasteiger partial charge in [-0.05, 0) is 25.3 Å². The van der Waals surface area contributed by atoms with Gasteiger partial charge in [0.1, 0.15) is 17.2 Å². The Bertz CT molecular complexity index is 1160. The van der Waals surface area contributed by atoms with Crippen LogP contribution in [0.25, 0.3) is 0 Å². The van der Waals surface area contributed by atoms with Crippen molar-refractivity contribution in [3.05, 3.63) is 29.6 Å². The number of carbonyl (C=O) groups excluding carboxylic acids is 1. The third-order valence-electron chi connectivity index (χ3n) is 7.84. The lowest BCUT2D eigenvalue weighted by molar-refractivity contribution is -0.137. The number of pyridine rings is 1. The highest BCUT2D eigenvalue weighted by atomic mass is 19.4. The lowest BCUT2D eigenvalue weighted by Crippen LogP contribution is -2.56. The topological polar surface area (TPSA) is 98.3 Å². The van der Waals surface area contributed by atoms with Crippen LogP contribution in [0.2, 0.25) is 0 Å². The molecule has 2 aromatic heterocycles. The minimum atomic E-state index is -4.53. The van der Waals surface area contributed by atoms with Gasteiger partial charge in [-0.15, -0.1) is 0 Å². The predicted molar refractivity (Wildman–Crippen MR) is 128 cm³/mol. The van der Waals surface area contributed by atoms with E-state index in [9.17, 15) is 18.0 Å². The van der Waals surface area contributed by atoms with Crippen LogP contribution < -0.4 is 25.8 Å². The van der Waals surface area contributed by atoms with Gasteiger partial charge in [0.25, 0.3) is 0 Å². The minimum Gasteiger partial charge on any atom is -0.367 e. The number of nitrogens with one attached hydrogen (secondary N) is 3. The lowest BCUT2D eigenvalue weighted by atomic mass is 9.91. The molecule has 1 spiro atoms. The maximum absolute atomic E-state index is 14.0. The van der Waals surface area contributed by atoms with E-state index in [4.69, 9.17) is 4.98 Å². The van der Waals surface area contributed by atoms with Gasteiger partial charge in [0, 0.05) is 56.9 Å². The van der Waals surface area contributed by atoms with E-state index in [0.29, 0.717) is 51.4 Å². The van der Waals surface area contributed by atoms with Gasteiger partial charge in [0.05, 0.1) is 17.4 Å². The first kappa shape index (κ1) is 23.3. The Kier molecular flexibility index (Phi) is 5.66. The van der Waals surface area contributed by atoms with E-state index in [1.165, 1.54) is 6.20 Å². The number of hydrogen-bond acceptors (Lipinski definition) is 8. The molecule has 0 radical (unpaired) electrons. The van der Waals surface area contributed by atoms with Crippen molar-refractivity contribution in [3.8, 4) is 0 Å². The van der Waals surface area contributed by atoms with Gasteiger partial charge in [0.2, 0.25) is 11.9 Å². The van der Waals surface area contributed by atoms with Crippen molar-refractivity contribution in [2.24, 2.45) is 0 Å². The summed E-state index contributed by atoms with van der Waals surface area (Å²) in [6.07, 6.45) is 3.86. The van der Waals surface area contributed by atoms with E-state index in [0.717, 1.165) is 37.3 Å². The molecular formula is C24H29F3N8O. The van der Waals surface area contributed by atoms with Crippen LogP contribution in [-0.4, -0.2) is 65.2 Å². The predicted octanol–water partition coefficient (Wildman–Crippen LogP) is 2.61. The molecule has 5 heterocycles. The fraction of sp³-hybridized carbons (Fsp3) is 0.583. The maximum atomic E-state index is 14.0. The second kappa shape index (κ2) is 8.75. The molecule has 4 aliphatic rings. The van der Waals surface area contributed by atoms with Gasteiger partial charge in [-0.25, -0.2) is 9.97 Å². The summed E-state index contributed by atoms with van der Waals surface area (Å²) < 4.78 is 41.9. The summed E-state index contributed by atoms with van der Waals surface area (Å²) >= 11 is 0. The SMILES string of the molecule is O=C1NCCC12Cc1cnc(Nc3cc(C(F)(F)F)c(N4CCNCC4)cn3)nc1N2C1CCCC1. The minimum absolute atomic E-state index is 0.0156. The molecule has 1 unspecified atom stereocenters. The molecule has 1 atom stereocenters. The molecule has 12 heteroatoms. The molecule has 0 bridgehead atoms. The summed E-state index contributed by atoms with van der Waals surface area (Å²) in [6.45, 7) is 2.84. The molecule has 192 valence electrons. The normalized spacial score (nSPS) is 24.5. The van der Waals surface area contributed by atoms with E-state index in [1.807, 2.05) is 0 Å². The van der Waals surface area contributed by atoms with Crippen molar-refractivity contribution in [3.63, 3.8) is 0 Å². The molecule has 0 aromatic carbocycles. The van der Waals surface area contributed by atoms with Crippen LogP contribution in [0.15, 0.2) is 18.5 Å². The second-order valence-corrected chi connectivity index (χ2v) is 10.0. The Labute approximate surface area is 206 Å².